The summed E-state index contributed by atoms with van der Waals surface area (Å²) in [6.07, 6.45) is 0.0658. The molecule has 3 unspecified atom stereocenters. The van der Waals surface area contributed by atoms with Crippen LogP contribution in [0.25, 0.3) is 0 Å². The van der Waals surface area contributed by atoms with E-state index in [9.17, 15) is 33.3 Å². The summed E-state index contributed by atoms with van der Waals surface area (Å²) in [7, 11) is 0. The van der Waals surface area contributed by atoms with Gasteiger partial charge in [0.15, 0.2) is 0 Å². The number of hydrogen-bond donors (Lipinski definition) is 5. The highest BCUT2D eigenvalue weighted by atomic mass is 35.5. The van der Waals surface area contributed by atoms with Crippen molar-refractivity contribution in [2.75, 3.05) is 12.8 Å². The molecule has 2 aliphatic heterocycles. The lowest BCUT2D eigenvalue weighted by molar-refractivity contribution is -0.205. The Kier molecular flexibility index (Phi) is 11.7. The van der Waals surface area contributed by atoms with Crippen LogP contribution >= 0.6 is 23.4 Å². The quantitative estimate of drug-likeness (QED) is 0.280. The molecule has 2 aliphatic rings. The number of aliphatic hydroxyl groups is 3. The summed E-state index contributed by atoms with van der Waals surface area (Å²) < 4.78 is 44.5. The summed E-state index contributed by atoms with van der Waals surface area (Å²) in [4.78, 5) is 13.1. The van der Waals surface area contributed by atoms with Crippen molar-refractivity contribution in [3.63, 3.8) is 0 Å². The Hall–Kier alpha value is -1.60. The van der Waals surface area contributed by atoms with Gasteiger partial charge in [-0.2, -0.15) is 13.2 Å². The maximum Gasteiger partial charge on any atom is 0.416 e. The van der Waals surface area contributed by atoms with E-state index in [0.717, 1.165) is 11.6 Å². The van der Waals surface area contributed by atoms with Crippen LogP contribution in [0.15, 0.2) is 48.1 Å². The molecule has 1 fully saturated rings. The molecule has 39 heavy (non-hydrogen) atoms. The molecule has 8 atom stereocenters. The van der Waals surface area contributed by atoms with Crippen LogP contribution in [0.2, 0.25) is 0 Å². The van der Waals surface area contributed by atoms with Crippen LogP contribution in [0, 0.1) is 0 Å². The standard InChI is InChI=1S/C27H36ClF3N2O5S/c1-15(28)20(24-22(35)21(34)23(36)26(38-24)39-2)33-25(37)19-11-10-16(12-13-32-19)6-3-4-7-17-8-5-9-18(14-17)27(29,30)31/h3,5-6,8-10,14-15,19-24,26,32,34-36H,4,7,11-13H2,1-2H3,(H,33,37)/b6-3+/t15-,19-,20+,21?,22?,23+,24+,26?/m0/s1. The SMILES string of the molecule is CSC1O[C@H]([C@H](NC(=O)[C@@H]2CC=C(/C=C/CCc3cccc(C(F)(F)F)c3)CCN2)[C@H](C)Cl)C(O)C(O)[C@H]1O. The highest BCUT2D eigenvalue weighted by Crippen LogP contribution is 2.31. The number of allylic oxidation sites excluding steroid dienone is 2. The smallest absolute Gasteiger partial charge is 0.388 e. The van der Waals surface area contributed by atoms with E-state index in [0.29, 0.717) is 37.8 Å². The van der Waals surface area contributed by atoms with Gasteiger partial charge in [0.2, 0.25) is 5.91 Å². The fraction of sp³-hybridized carbons (Fsp3) is 0.593. The Morgan fingerprint density at radius 2 is 2.03 bits per heavy atom. The van der Waals surface area contributed by atoms with Crippen molar-refractivity contribution in [2.24, 2.45) is 0 Å². The number of halogens is 4. The summed E-state index contributed by atoms with van der Waals surface area (Å²) in [5, 5.41) is 36.3. The molecule has 5 N–H and O–H groups in total. The third-order valence-corrected chi connectivity index (χ3v) is 8.05. The van der Waals surface area contributed by atoms with Gasteiger partial charge in [0, 0.05) is 0 Å². The fourth-order valence-corrected chi connectivity index (χ4v) is 5.56. The van der Waals surface area contributed by atoms with Crippen molar-refractivity contribution < 1.29 is 38.0 Å². The monoisotopic (exact) mass is 592 g/mol. The first-order valence-corrected chi connectivity index (χ1v) is 14.6. The Labute approximate surface area is 235 Å². The molecule has 3 rings (SSSR count). The van der Waals surface area contributed by atoms with Crippen LogP contribution in [0.5, 0.6) is 0 Å². The maximum atomic E-state index is 13.1. The molecule has 1 aromatic carbocycles. The van der Waals surface area contributed by atoms with E-state index in [1.807, 2.05) is 18.2 Å². The van der Waals surface area contributed by atoms with E-state index in [1.54, 1.807) is 19.2 Å². The molecule has 218 valence electrons. The molecule has 1 aromatic rings. The number of benzene rings is 1. The van der Waals surface area contributed by atoms with Gasteiger partial charge in [0.1, 0.15) is 29.9 Å². The summed E-state index contributed by atoms with van der Waals surface area (Å²) in [6, 6.07) is 3.93. The fourth-order valence-electron chi connectivity index (χ4n) is 4.67. The molecule has 7 nitrogen and oxygen atoms in total. The number of amides is 1. The van der Waals surface area contributed by atoms with Crippen molar-refractivity contribution in [2.45, 2.75) is 86.1 Å². The Bertz CT molecular complexity index is 1020. The van der Waals surface area contributed by atoms with E-state index in [4.69, 9.17) is 16.3 Å². The lowest BCUT2D eigenvalue weighted by Crippen LogP contribution is -2.65. The number of thioether (sulfide) groups is 1. The summed E-state index contributed by atoms with van der Waals surface area (Å²) in [5.74, 6) is -0.337. The number of aryl methyl sites for hydroxylation is 1. The minimum Gasteiger partial charge on any atom is -0.388 e. The Balaban J connectivity index is 1.57. The summed E-state index contributed by atoms with van der Waals surface area (Å²) in [5.41, 5.74) is 0.183. The van der Waals surface area contributed by atoms with Gasteiger partial charge in [-0.25, -0.2) is 0 Å². The maximum absolute atomic E-state index is 13.1. The van der Waals surface area contributed by atoms with Gasteiger partial charge in [-0.15, -0.1) is 23.4 Å². The van der Waals surface area contributed by atoms with E-state index < -0.39 is 59.1 Å². The van der Waals surface area contributed by atoms with Crippen molar-refractivity contribution in [1.82, 2.24) is 10.6 Å². The molecule has 0 aliphatic carbocycles. The first kappa shape index (κ1) is 31.9. The summed E-state index contributed by atoms with van der Waals surface area (Å²) >= 11 is 7.53. The van der Waals surface area contributed by atoms with Crippen LogP contribution in [-0.4, -0.2) is 81.3 Å². The molecule has 1 amide bonds. The molecule has 12 heteroatoms. The zero-order chi connectivity index (χ0) is 28.7. The number of carbonyl (C=O) groups is 1. The van der Waals surface area contributed by atoms with Crippen molar-refractivity contribution in [3.05, 3.63) is 59.2 Å². The van der Waals surface area contributed by atoms with E-state index in [-0.39, 0.29) is 5.91 Å². The van der Waals surface area contributed by atoms with Gasteiger partial charge in [0.25, 0.3) is 0 Å². The number of ether oxygens (including phenoxy) is 1. The second-order valence-electron chi connectivity index (χ2n) is 9.80. The highest BCUT2D eigenvalue weighted by Gasteiger charge is 2.48. The van der Waals surface area contributed by atoms with E-state index in [1.165, 1.54) is 23.9 Å². The van der Waals surface area contributed by atoms with Gasteiger partial charge in [0.05, 0.1) is 23.0 Å². The lowest BCUT2D eigenvalue weighted by Gasteiger charge is -2.44. The number of carbonyl (C=O) groups excluding carboxylic acids is 1. The third-order valence-electron chi connectivity index (χ3n) is 6.92. The number of nitrogens with one attached hydrogen (secondary N) is 2. The molecule has 0 saturated carbocycles. The van der Waals surface area contributed by atoms with Crippen LogP contribution in [-0.2, 0) is 22.1 Å². The van der Waals surface area contributed by atoms with Gasteiger partial charge in [-0.05, 0) is 57.0 Å². The van der Waals surface area contributed by atoms with E-state index in [2.05, 4.69) is 10.6 Å². The number of alkyl halides is 4. The van der Waals surface area contributed by atoms with Crippen molar-refractivity contribution >= 4 is 29.3 Å². The topological polar surface area (TPSA) is 111 Å². The van der Waals surface area contributed by atoms with Crippen LogP contribution in [0.1, 0.15) is 37.3 Å². The number of hydrogen-bond acceptors (Lipinski definition) is 7. The molecule has 2 heterocycles. The molecule has 1 saturated heterocycles. The highest BCUT2D eigenvalue weighted by molar-refractivity contribution is 7.99. The van der Waals surface area contributed by atoms with Gasteiger partial charge in [-0.3, -0.25) is 4.79 Å². The van der Waals surface area contributed by atoms with Gasteiger partial charge >= 0.3 is 6.18 Å². The minimum atomic E-state index is -4.36. The van der Waals surface area contributed by atoms with Crippen LogP contribution in [0.3, 0.4) is 0 Å². The zero-order valence-corrected chi connectivity index (χ0v) is 23.3. The third kappa shape index (κ3) is 8.69. The largest absolute Gasteiger partial charge is 0.416 e. The Morgan fingerprint density at radius 1 is 1.28 bits per heavy atom. The summed E-state index contributed by atoms with van der Waals surface area (Å²) in [6.45, 7) is 2.18. The van der Waals surface area contributed by atoms with Crippen LogP contribution in [0.4, 0.5) is 13.2 Å². The van der Waals surface area contributed by atoms with Crippen molar-refractivity contribution in [3.8, 4) is 0 Å². The molecule has 0 radical (unpaired) electrons. The second kappa shape index (κ2) is 14.3. The number of aliphatic hydroxyl groups excluding tert-OH is 3. The normalized spacial score (nSPS) is 29.9. The molecular formula is C27H36ClF3N2O5S. The Morgan fingerprint density at radius 3 is 2.69 bits per heavy atom. The first-order valence-electron chi connectivity index (χ1n) is 12.8. The molecule has 0 spiro atoms. The number of rotatable bonds is 9. The van der Waals surface area contributed by atoms with Crippen molar-refractivity contribution in [1.29, 1.82) is 0 Å². The predicted octanol–water partition coefficient (Wildman–Crippen LogP) is 3.16. The van der Waals surface area contributed by atoms with Gasteiger partial charge in [-0.1, -0.05) is 42.0 Å². The average molecular weight is 593 g/mol. The second-order valence-corrected chi connectivity index (χ2v) is 11.4. The average Bonchev–Trinajstić information content (AvgIpc) is 3.14. The lowest BCUT2D eigenvalue weighted by atomic mass is 9.93. The van der Waals surface area contributed by atoms with Gasteiger partial charge < -0.3 is 30.7 Å². The first-order chi connectivity index (χ1) is 18.4. The molecule has 0 bridgehead atoms. The van der Waals surface area contributed by atoms with E-state index >= 15 is 0 Å². The van der Waals surface area contributed by atoms with Crippen LogP contribution < -0.4 is 10.6 Å². The zero-order valence-electron chi connectivity index (χ0n) is 21.8. The minimum absolute atomic E-state index is 0.337. The molecule has 0 aromatic heterocycles. The predicted molar refractivity (Wildman–Crippen MR) is 145 cm³/mol. The molecular weight excluding hydrogens is 557 g/mol.